The molecular formula is C7H9N2O4P. The van der Waals surface area contributed by atoms with Gasteiger partial charge < -0.3 is 5.32 Å². The predicted molar refractivity (Wildman–Crippen MR) is 51.8 cm³/mol. The van der Waals surface area contributed by atoms with Crippen LogP contribution in [0.2, 0.25) is 0 Å². The van der Waals surface area contributed by atoms with Crippen molar-refractivity contribution in [3.05, 3.63) is 40.4 Å². The van der Waals surface area contributed by atoms with Gasteiger partial charge in [-0.15, -0.1) is 0 Å². The summed E-state index contributed by atoms with van der Waals surface area (Å²) in [6.07, 6.45) is -0.565. The van der Waals surface area contributed by atoms with Gasteiger partial charge in [-0.25, -0.2) is 4.57 Å². The van der Waals surface area contributed by atoms with Gasteiger partial charge in [0.05, 0.1) is 4.69 Å². The quantitative estimate of drug-likeness (QED) is 0.452. The summed E-state index contributed by atoms with van der Waals surface area (Å²) in [7, 11) is -4.32. The van der Waals surface area contributed by atoms with Crippen molar-refractivity contribution in [2.24, 2.45) is 0 Å². The Morgan fingerprint density at radius 1 is 1.43 bits per heavy atom. The SMILES string of the molecule is O=[N+]([O-])P(=O)(O)CNc1ccccc1. The van der Waals surface area contributed by atoms with Crippen LogP contribution in [0.15, 0.2) is 30.3 Å². The highest BCUT2D eigenvalue weighted by Crippen LogP contribution is 2.39. The van der Waals surface area contributed by atoms with Gasteiger partial charge in [0, 0.05) is 5.69 Å². The molecule has 0 heterocycles. The van der Waals surface area contributed by atoms with Crippen molar-refractivity contribution in [1.82, 2.24) is 0 Å². The second-order valence-electron chi connectivity index (χ2n) is 2.60. The van der Waals surface area contributed by atoms with Crippen molar-refractivity contribution in [2.75, 3.05) is 11.6 Å². The molecule has 0 aliphatic carbocycles. The molecular weight excluding hydrogens is 207 g/mol. The fraction of sp³-hybridized carbons (Fsp3) is 0.143. The van der Waals surface area contributed by atoms with Crippen molar-refractivity contribution in [3.8, 4) is 0 Å². The normalized spacial score (nSPS) is 14.4. The lowest BCUT2D eigenvalue weighted by molar-refractivity contribution is -0.326. The Morgan fingerprint density at radius 2 is 2.00 bits per heavy atom. The molecule has 7 heteroatoms. The Hall–Kier alpha value is -1.39. The van der Waals surface area contributed by atoms with Gasteiger partial charge in [-0.1, -0.05) is 18.2 Å². The van der Waals surface area contributed by atoms with Crippen LogP contribution >= 0.6 is 7.52 Å². The topological polar surface area (TPSA) is 92.5 Å². The Morgan fingerprint density at radius 3 is 2.50 bits per heavy atom. The summed E-state index contributed by atoms with van der Waals surface area (Å²) < 4.78 is 9.72. The van der Waals surface area contributed by atoms with Crippen LogP contribution in [0, 0.1) is 10.1 Å². The number of rotatable bonds is 4. The van der Waals surface area contributed by atoms with Crippen LogP contribution in [0.3, 0.4) is 0 Å². The average Bonchev–Trinajstić information content (AvgIpc) is 2.16. The van der Waals surface area contributed by atoms with E-state index in [9.17, 15) is 14.7 Å². The first-order chi connectivity index (χ1) is 6.52. The molecule has 1 atom stereocenters. The molecule has 0 amide bonds. The van der Waals surface area contributed by atoms with Gasteiger partial charge in [0.2, 0.25) is 0 Å². The van der Waals surface area contributed by atoms with E-state index in [1.165, 1.54) is 0 Å². The molecule has 0 aromatic heterocycles. The summed E-state index contributed by atoms with van der Waals surface area (Å²) in [6, 6.07) is 8.52. The maximum absolute atomic E-state index is 10.9. The largest absolute Gasteiger partial charge is 0.524 e. The minimum atomic E-state index is -4.32. The number of hydrogen-bond acceptors (Lipinski definition) is 4. The lowest BCUT2D eigenvalue weighted by Gasteiger charge is -2.05. The van der Waals surface area contributed by atoms with Crippen LogP contribution in [0.1, 0.15) is 0 Å². The fourth-order valence-corrected chi connectivity index (χ4v) is 1.31. The Bertz CT molecular complexity index is 367. The van der Waals surface area contributed by atoms with E-state index in [0.717, 1.165) is 0 Å². The molecule has 1 aromatic rings. The van der Waals surface area contributed by atoms with Gasteiger partial charge in [-0.2, -0.15) is 0 Å². The molecule has 0 spiro atoms. The number of benzene rings is 1. The standard InChI is InChI=1S/C7H9N2O4P/c10-9(11)14(12,13)6-8-7-4-2-1-3-5-7/h1-5,8H,6H2,(H,12,13). The highest BCUT2D eigenvalue weighted by Gasteiger charge is 2.32. The monoisotopic (exact) mass is 216 g/mol. The third kappa shape index (κ3) is 2.83. The number of nitrogens with one attached hydrogen (secondary N) is 1. The molecule has 0 radical (unpaired) electrons. The zero-order valence-corrected chi connectivity index (χ0v) is 8.05. The molecule has 2 N–H and O–H groups in total. The van der Waals surface area contributed by atoms with Gasteiger partial charge in [0.25, 0.3) is 0 Å². The highest BCUT2D eigenvalue weighted by molar-refractivity contribution is 7.51. The smallest absolute Gasteiger partial charge is 0.371 e. The third-order valence-electron chi connectivity index (χ3n) is 1.52. The molecule has 0 bridgehead atoms. The van der Waals surface area contributed by atoms with E-state index in [0.29, 0.717) is 5.69 Å². The first-order valence-corrected chi connectivity index (χ1v) is 5.58. The van der Waals surface area contributed by atoms with Gasteiger partial charge in [0.1, 0.15) is 0 Å². The van der Waals surface area contributed by atoms with Gasteiger partial charge in [0.15, 0.2) is 6.29 Å². The lowest BCUT2D eigenvalue weighted by Crippen LogP contribution is -2.07. The summed E-state index contributed by atoms with van der Waals surface area (Å²) in [4.78, 5) is 18.9. The molecule has 0 aliphatic heterocycles. The molecule has 1 aromatic carbocycles. The summed E-state index contributed by atoms with van der Waals surface area (Å²) in [5.41, 5.74) is 0.573. The van der Waals surface area contributed by atoms with Crippen molar-refractivity contribution in [1.29, 1.82) is 0 Å². The van der Waals surface area contributed by atoms with E-state index in [1.807, 2.05) is 0 Å². The summed E-state index contributed by atoms with van der Waals surface area (Å²) in [5.74, 6) is 0. The second-order valence-corrected chi connectivity index (χ2v) is 4.58. The van der Waals surface area contributed by atoms with E-state index < -0.39 is 18.5 Å². The van der Waals surface area contributed by atoms with E-state index >= 15 is 0 Å². The predicted octanol–water partition coefficient (Wildman–Crippen LogP) is 1.52. The molecule has 76 valence electrons. The van der Waals surface area contributed by atoms with E-state index in [1.54, 1.807) is 30.3 Å². The molecule has 1 unspecified atom stereocenters. The molecule has 1 rings (SSSR count). The molecule has 14 heavy (non-hydrogen) atoms. The molecule has 6 nitrogen and oxygen atoms in total. The fourth-order valence-electron chi connectivity index (χ4n) is 0.808. The van der Waals surface area contributed by atoms with Crippen molar-refractivity contribution in [2.45, 2.75) is 0 Å². The van der Waals surface area contributed by atoms with Crippen molar-refractivity contribution in [3.63, 3.8) is 0 Å². The zero-order valence-electron chi connectivity index (χ0n) is 7.16. The van der Waals surface area contributed by atoms with Crippen molar-refractivity contribution >= 4 is 13.2 Å². The van der Waals surface area contributed by atoms with E-state index in [2.05, 4.69) is 5.32 Å². The average molecular weight is 216 g/mol. The molecule has 0 saturated carbocycles. The Labute approximate surface area is 80.2 Å². The first kappa shape index (κ1) is 10.7. The summed E-state index contributed by atoms with van der Waals surface area (Å²) in [5, 5.41) is 12.6. The van der Waals surface area contributed by atoms with Gasteiger partial charge in [-0.3, -0.25) is 15.0 Å². The van der Waals surface area contributed by atoms with Gasteiger partial charge in [-0.05, 0) is 12.1 Å². The lowest BCUT2D eigenvalue weighted by atomic mass is 10.3. The minimum absolute atomic E-state index is 0.565. The summed E-state index contributed by atoms with van der Waals surface area (Å²) >= 11 is 0. The molecule has 0 saturated heterocycles. The number of nitrogens with zero attached hydrogens (tertiary/aromatic N) is 1. The van der Waals surface area contributed by atoms with Crippen LogP contribution in [0.25, 0.3) is 0 Å². The first-order valence-electron chi connectivity index (χ1n) is 3.78. The van der Waals surface area contributed by atoms with Crippen LogP contribution in [-0.2, 0) is 4.57 Å². The number of hydrogen-bond donors (Lipinski definition) is 2. The third-order valence-corrected chi connectivity index (χ3v) is 2.60. The Balaban J connectivity index is 2.58. The maximum atomic E-state index is 10.9. The number of anilines is 1. The minimum Gasteiger partial charge on any atom is -0.371 e. The highest BCUT2D eigenvalue weighted by atomic mass is 31.2. The van der Waals surface area contributed by atoms with E-state index in [4.69, 9.17) is 4.89 Å². The van der Waals surface area contributed by atoms with E-state index in [-0.39, 0.29) is 0 Å². The zero-order chi connectivity index (χ0) is 10.6. The Kier molecular flexibility index (Phi) is 3.22. The molecule has 0 aliphatic rings. The second kappa shape index (κ2) is 4.21. The van der Waals surface area contributed by atoms with Crippen LogP contribution in [0.5, 0.6) is 0 Å². The number of nitro groups is 1. The number of para-hydroxylation sites is 1. The summed E-state index contributed by atoms with van der Waals surface area (Å²) in [6.45, 7) is 0. The van der Waals surface area contributed by atoms with Crippen LogP contribution in [-0.4, -0.2) is 15.9 Å². The molecule has 0 fully saturated rings. The maximum Gasteiger partial charge on any atom is 0.524 e. The van der Waals surface area contributed by atoms with Crippen LogP contribution < -0.4 is 5.32 Å². The van der Waals surface area contributed by atoms with Crippen LogP contribution in [0.4, 0.5) is 5.69 Å². The van der Waals surface area contributed by atoms with Crippen molar-refractivity contribution < 1.29 is 14.2 Å². The van der Waals surface area contributed by atoms with Gasteiger partial charge >= 0.3 is 7.52 Å².